The van der Waals surface area contributed by atoms with E-state index in [1.807, 2.05) is 61.5 Å². The number of rotatable bonds is 6. The molecule has 212 valence electrons. The van der Waals surface area contributed by atoms with Crippen LogP contribution < -0.4 is 10.6 Å². The number of aromatic amines is 1. The quantitative estimate of drug-likeness (QED) is 0.186. The van der Waals surface area contributed by atoms with Crippen molar-refractivity contribution in [1.82, 2.24) is 20.2 Å². The van der Waals surface area contributed by atoms with Crippen molar-refractivity contribution in [2.45, 2.75) is 19.8 Å². The van der Waals surface area contributed by atoms with E-state index in [9.17, 15) is 9.18 Å². The number of thiophene rings is 1. The number of aryl methyl sites for hydroxylation is 1. The molecule has 0 atom stereocenters. The van der Waals surface area contributed by atoms with Gasteiger partial charge in [-0.25, -0.2) is 9.37 Å². The highest BCUT2D eigenvalue weighted by Crippen LogP contribution is 2.38. The van der Waals surface area contributed by atoms with Crippen molar-refractivity contribution in [3.63, 3.8) is 0 Å². The van der Waals surface area contributed by atoms with Gasteiger partial charge in [-0.2, -0.15) is 9.49 Å². The van der Waals surface area contributed by atoms with Gasteiger partial charge < -0.3 is 10.6 Å². The van der Waals surface area contributed by atoms with Crippen molar-refractivity contribution in [1.29, 1.82) is 0 Å². The second kappa shape index (κ2) is 10.9. The highest BCUT2D eigenvalue weighted by molar-refractivity contribution is 7.13. The van der Waals surface area contributed by atoms with E-state index in [4.69, 9.17) is 0 Å². The predicted molar refractivity (Wildman–Crippen MR) is 166 cm³/mol. The minimum Gasteiger partial charge on any atom is -0.354 e. The molecule has 5 heterocycles. The molecule has 10 heteroatoms. The van der Waals surface area contributed by atoms with Crippen molar-refractivity contribution >= 4 is 45.3 Å². The number of amides is 1. The van der Waals surface area contributed by atoms with E-state index in [-0.39, 0.29) is 28.5 Å². The fourth-order valence-electron chi connectivity index (χ4n) is 5.38. The number of carbonyl (C=O) groups is 1. The van der Waals surface area contributed by atoms with Gasteiger partial charge in [-0.3, -0.25) is 14.9 Å². The van der Waals surface area contributed by atoms with E-state index in [1.54, 1.807) is 18.3 Å². The number of carbonyl (C=O) groups excluding carboxylic acids is 1. The number of nitrogens with one attached hydrogen (secondary N) is 3. The Labute approximate surface area is 249 Å². The number of allylic oxidation sites excluding steroid dienone is 1. The molecule has 1 aliphatic heterocycles. The second-order valence-corrected chi connectivity index (χ2v) is 11.4. The van der Waals surface area contributed by atoms with Crippen LogP contribution >= 0.6 is 11.3 Å². The molecule has 0 spiro atoms. The number of fused-ring (bicyclic) bond motifs is 2. The summed E-state index contributed by atoms with van der Waals surface area (Å²) in [6.45, 7) is 1.89. The Balaban J connectivity index is 1.20. The van der Waals surface area contributed by atoms with Gasteiger partial charge in [-0.1, -0.05) is 42.5 Å². The summed E-state index contributed by atoms with van der Waals surface area (Å²) in [4.78, 5) is 22.4. The van der Waals surface area contributed by atoms with Crippen molar-refractivity contribution in [3.8, 4) is 21.7 Å². The summed E-state index contributed by atoms with van der Waals surface area (Å²) in [5, 5.41) is 13.5. The van der Waals surface area contributed by atoms with E-state index < -0.39 is 5.82 Å². The number of halogens is 2. The van der Waals surface area contributed by atoms with E-state index in [0.717, 1.165) is 38.6 Å². The minimum atomic E-state index is -0.473. The van der Waals surface area contributed by atoms with Gasteiger partial charge in [-0.05, 0) is 60.4 Å². The van der Waals surface area contributed by atoms with Crippen LogP contribution in [0.2, 0.25) is 0 Å². The maximum atomic E-state index is 16.3. The molecular formula is C33H24F2N6OS. The summed E-state index contributed by atoms with van der Waals surface area (Å²) < 4.78 is 30.0. The zero-order valence-electron chi connectivity index (χ0n) is 22.9. The van der Waals surface area contributed by atoms with E-state index in [1.165, 1.54) is 12.3 Å². The zero-order valence-corrected chi connectivity index (χ0v) is 23.7. The van der Waals surface area contributed by atoms with Gasteiger partial charge in [-0.15, -0.1) is 11.3 Å². The van der Waals surface area contributed by atoms with Crippen LogP contribution in [0.25, 0.3) is 38.4 Å². The third-order valence-corrected chi connectivity index (χ3v) is 8.19. The van der Waals surface area contributed by atoms with Crippen LogP contribution in [-0.4, -0.2) is 26.1 Å². The Kier molecular flexibility index (Phi) is 6.75. The lowest BCUT2D eigenvalue weighted by molar-refractivity contribution is -0.115. The molecule has 0 aliphatic carbocycles. The van der Waals surface area contributed by atoms with Crippen LogP contribution in [-0.2, 0) is 17.6 Å². The molecular weight excluding hydrogens is 566 g/mol. The molecule has 0 radical (unpaired) electrons. The fourth-order valence-corrected chi connectivity index (χ4v) is 6.13. The predicted octanol–water partition coefficient (Wildman–Crippen LogP) is 7.53. The van der Waals surface area contributed by atoms with Gasteiger partial charge in [0.25, 0.3) is 0 Å². The number of pyridine rings is 2. The number of aromatic nitrogens is 4. The van der Waals surface area contributed by atoms with Crippen molar-refractivity contribution in [2.75, 3.05) is 10.6 Å². The van der Waals surface area contributed by atoms with Crippen LogP contribution in [0.4, 0.5) is 20.2 Å². The Morgan fingerprint density at radius 1 is 1.05 bits per heavy atom. The fraction of sp³-hybridized carbons (Fsp3) is 0.0909. The van der Waals surface area contributed by atoms with Crippen molar-refractivity contribution in [3.05, 3.63) is 119 Å². The van der Waals surface area contributed by atoms with Crippen LogP contribution in [0, 0.1) is 17.9 Å². The molecule has 6 aromatic rings. The monoisotopic (exact) mass is 590 g/mol. The third kappa shape index (κ3) is 5.17. The Bertz CT molecular complexity index is 2050. The maximum absolute atomic E-state index is 16.3. The average molecular weight is 591 g/mol. The lowest BCUT2D eigenvalue weighted by Crippen LogP contribution is -2.14. The minimum absolute atomic E-state index is 0.160. The van der Waals surface area contributed by atoms with Crippen LogP contribution in [0.3, 0.4) is 0 Å². The van der Waals surface area contributed by atoms with Gasteiger partial charge in [0.05, 0.1) is 33.8 Å². The summed E-state index contributed by atoms with van der Waals surface area (Å²) in [6, 6.07) is 19.9. The smallest absolute Gasteiger partial charge is 0.228 e. The number of benzene rings is 2. The van der Waals surface area contributed by atoms with E-state index in [2.05, 4.69) is 30.8 Å². The summed E-state index contributed by atoms with van der Waals surface area (Å²) in [7, 11) is 0. The molecule has 0 saturated heterocycles. The number of anilines is 2. The summed E-state index contributed by atoms with van der Waals surface area (Å²) >= 11 is 1.05. The van der Waals surface area contributed by atoms with Crippen LogP contribution in [0.5, 0.6) is 0 Å². The summed E-state index contributed by atoms with van der Waals surface area (Å²) in [5.41, 5.74) is 7.04. The first kappa shape index (κ1) is 26.7. The molecule has 1 aliphatic rings. The molecule has 0 unspecified atom stereocenters. The maximum Gasteiger partial charge on any atom is 0.228 e. The van der Waals surface area contributed by atoms with Gasteiger partial charge in [0, 0.05) is 34.9 Å². The molecule has 43 heavy (non-hydrogen) atoms. The zero-order chi connectivity index (χ0) is 29.5. The van der Waals surface area contributed by atoms with Gasteiger partial charge in [0.2, 0.25) is 5.91 Å². The largest absolute Gasteiger partial charge is 0.354 e. The summed E-state index contributed by atoms with van der Waals surface area (Å²) in [5.74, 6) is -0.633. The van der Waals surface area contributed by atoms with E-state index in [0.29, 0.717) is 40.3 Å². The van der Waals surface area contributed by atoms with Gasteiger partial charge >= 0.3 is 0 Å². The number of hydrogen-bond acceptors (Lipinski definition) is 6. The molecule has 2 aromatic carbocycles. The van der Waals surface area contributed by atoms with Crippen LogP contribution in [0.1, 0.15) is 22.4 Å². The molecule has 0 fully saturated rings. The standard InChI is InChI=1S/C33H24F2N6OS/c1-18-13-20(16-21(14-18)38-28(42)15-19-5-3-2-4-6-19)23-17-37-33-29(30(23)35)32(40-41-33)25-8-7-22-24(39-25)11-12-36-31(22)26-9-10-27(34)43-26/h2-6,8-14,16-17,39H,7,15H2,1H3,(H,38,42)(H,37,40,41). The first-order chi connectivity index (χ1) is 20.9. The van der Waals surface area contributed by atoms with Gasteiger partial charge in [0.15, 0.2) is 10.8 Å². The normalized spacial score (nSPS) is 12.5. The number of H-pyrrole nitrogens is 1. The first-order valence-electron chi connectivity index (χ1n) is 13.6. The SMILES string of the molecule is Cc1cc(NC(=O)Cc2ccccc2)cc(-c2cnc3n[nH]c(C4=CCc5c(ccnc5-c5ccc(F)s5)N4)c3c2F)c1. The van der Waals surface area contributed by atoms with E-state index >= 15 is 4.39 Å². The molecule has 0 bridgehead atoms. The third-order valence-electron chi connectivity index (χ3n) is 7.31. The number of nitrogens with zero attached hydrogens (tertiary/aromatic N) is 3. The average Bonchev–Trinajstić information content (AvgIpc) is 3.64. The topological polar surface area (TPSA) is 95.6 Å². The molecule has 7 rings (SSSR count). The Hall–Kier alpha value is -5.22. The highest BCUT2D eigenvalue weighted by atomic mass is 32.1. The lowest BCUT2D eigenvalue weighted by atomic mass is 9.99. The molecule has 4 aromatic heterocycles. The molecule has 1 amide bonds. The second-order valence-electron chi connectivity index (χ2n) is 10.3. The van der Waals surface area contributed by atoms with Crippen molar-refractivity contribution < 1.29 is 13.6 Å². The van der Waals surface area contributed by atoms with Crippen LogP contribution in [0.15, 0.2) is 85.2 Å². The Morgan fingerprint density at radius 2 is 1.91 bits per heavy atom. The number of hydrogen-bond donors (Lipinski definition) is 3. The molecule has 3 N–H and O–H groups in total. The molecule has 0 saturated carbocycles. The highest BCUT2D eigenvalue weighted by Gasteiger charge is 2.23. The molecule has 7 nitrogen and oxygen atoms in total. The lowest BCUT2D eigenvalue weighted by Gasteiger charge is -2.20. The Morgan fingerprint density at radius 3 is 2.72 bits per heavy atom. The van der Waals surface area contributed by atoms with Crippen molar-refractivity contribution in [2.24, 2.45) is 0 Å². The first-order valence-corrected chi connectivity index (χ1v) is 14.4. The summed E-state index contributed by atoms with van der Waals surface area (Å²) in [6.07, 6.45) is 5.81. The van der Waals surface area contributed by atoms with Gasteiger partial charge in [0.1, 0.15) is 5.82 Å².